The van der Waals surface area contributed by atoms with Crippen LogP contribution in [-0.2, 0) is 6.42 Å². The van der Waals surface area contributed by atoms with Gasteiger partial charge in [0, 0.05) is 17.7 Å². The van der Waals surface area contributed by atoms with Crippen LogP contribution < -0.4 is 5.73 Å². The Morgan fingerprint density at radius 3 is 2.62 bits per heavy atom. The molecule has 2 rings (SSSR count). The summed E-state index contributed by atoms with van der Waals surface area (Å²) >= 11 is 0. The molecule has 1 aliphatic rings. The number of benzene rings is 1. The predicted octanol–water partition coefficient (Wildman–Crippen LogP) is 2.05. The van der Waals surface area contributed by atoms with Crippen molar-refractivity contribution in [3.63, 3.8) is 0 Å². The minimum Gasteiger partial charge on any atom is -0.324 e. The minimum absolute atomic E-state index is 0.0116. The Morgan fingerprint density at radius 1 is 1.23 bits per heavy atom. The quantitative estimate of drug-likeness (QED) is 0.618. The average molecular weight is 187 g/mol. The third-order valence-electron chi connectivity index (χ3n) is 2.39. The zero-order chi connectivity index (χ0) is 9.59. The van der Waals surface area contributed by atoms with Gasteiger partial charge in [0.25, 0.3) is 0 Å². The summed E-state index contributed by atoms with van der Waals surface area (Å²) < 4.78 is 38.9. The van der Waals surface area contributed by atoms with Crippen LogP contribution in [-0.4, -0.2) is 0 Å². The molecule has 1 aliphatic carbocycles. The highest BCUT2D eigenvalue weighted by molar-refractivity contribution is 5.37. The van der Waals surface area contributed by atoms with Crippen molar-refractivity contribution < 1.29 is 13.2 Å². The molecule has 1 unspecified atom stereocenters. The summed E-state index contributed by atoms with van der Waals surface area (Å²) in [5.41, 5.74) is 5.75. The molecule has 1 aromatic rings. The Morgan fingerprint density at radius 2 is 1.92 bits per heavy atom. The Bertz CT molecular complexity index is 362. The summed E-state index contributed by atoms with van der Waals surface area (Å²) in [4.78, 5) is 0. The normalized spacial score (nSPS) is 20.5. The fourth-order valence-electron chi connectivity index (χ4n) is 1.74. The molecule has 0 radical (unpaired) electrons. The van der Waals surface area contributed by atoms with E-state index in [2.05, 4.69) is 0 Å². The summed E-state index contributed by atoms with van der Waals surface area (Å²) in [7, 11) is 0. The standard InChI is InChI=1S/C9H8F3N/c10-5-3-6(11)9(12)8-4(5)1-2-7(8)13/h3,7H,1-2,13H2. The first-order chi connectivity index (χ1) is 6.11. The molecule has 0 heterocycles. The molecule has 1 aromatic carbocycles. The lowest BCUT2D eigenvalue weighted by Crippen LogP contribution is -2.09. The van der Waals surface area contributed by atoms with E-state index in [1.807, 2.05) is 0 Å². The van der Waals surface area contributed by atoms with Gasteiger partial charge in [-0.3, -0.25) is 0 Å². The van der Waals surface area contributed by atoms with Crippen molar-refractivity contribution in [2.45, 2.75) is 18.9 Å². The molecule has 0 bridgehead atoms. The molecule has 0 spiro atoms. The molecule has 0 fully saturated rings. The van der Waals surface area contributed by atoms with Gasteiger partial charge in [0.1, 0.15) is 5.82 Å². The van der Waals surface area contributed by atoms with Crippen LogP contribution >= 0.6 is 0 Å². The van der Waals surface area contributed by atoms with Crippen LogP contribution in [0.15, 0.2) is 6.07 Å². The Hall–Kier alpha value is -1.03. The summed E-state index contributed by atoms with van der Waals surface area (Å²) in [5.74, 6) is -2.85. The second-order valence-corrected chi connectivity index (χ2v) is 3.19. The van der Waals surface area contributed by atoms with Crippen molar-refractivity contribution in [1.82, 2.24) is 0 Å². The van der Waals surface area contributed by atoms with Crippen molar-refractivity contribution in [3.8, 4) is 0 Å². The van der Waals surface area contributed by atoms with Crippen molar-refractivity contribution in [1.29, 1.82) is 0 Å². The SMILES string of the molecule is NC1CCc2c(F)cc(F)c(F)c21. The van der Waals surface area contributed by atoms with Crippen molar-refractivity contribution in [2.24, 2.45) is 5.73 Å². The Kier molecular flexibility index (Phi) is 1.80. The van der Waals surface area contributed by atoms with Crippen molar-refractivity contribution in [2.75, 3.05) is 0 Å². The van der Waals surface area contributed by atoms with Crippen LogP contribution in [0, 0.1) is 17.5 Å². The highest BCUT2D eigenvalue weighted by Crippen LogP contribution is 2.34. The van der Waals surface area contributed by atoms with Gasteiger partial charge in [-0.15, -0.1) is 0 Å². The van der Waals surface area contributed by atoms with E-state index < -0.39 is 23.5 Å². The van der Waals surface area contributed by atoms with Gasteiger partial charge in [-0.25, -0.2) is 13.2 Å². The fraction of sp³-hybridized carbons (Fsp3) is 0.333. The maximum Gasteiger partial charge on any atom is 0.164 e. The molecule has 13 heavy (non-hydrogen) atoms. The van der Waals surface area contributed by atoms with Crippen LogP contribution in [0.2, 0.25) is 0 Å². The summed E-state index contributed by atoms with van der Waals surface area (Å²) in [6.07, 6.45) is 0.867. The Balaban J connectivity index is 2.70. The molecule has 0 aromatic heterocycles. The first kappa shape index (κ1) is 8.56. The third-order valence-corrected chi connectivity index (χ3v) is 2.39. The molecule has 2 N–H and O–H groups in total. The number of hydrogen-bond acceptors (Lipinski definition) is 1. The lowest BCUT2D eigenvalue weighted by atomic mass is 10.1. The molecule has 1 atom stereocenters. The number of fused-ring (bicyclic) bond motifs is 1. The van der Waals surface area contributed by atoms with E-state index >= 15 is 0 Å². The maximum atomic E-state index is 13.1. The first-order valence-corrected chi connectivity index (χ1v) is 4.03. The largest absolute Gasteiger partial charge is 0.324 e. The van der Waals surface area contributed by atoms with Gasteiger partial charge in [-0.05, 0) is 18.4 Å². The number of rotatable bonds is 0. The zero-order valence-electron chi connectivity index (χ0n) is 6.78. The molecule has 1 nitrogen and oxygen atoms in total. The van der Waals surface area contributed by atoms with E-state index in [0.717, 1.165) is 0 Å². The highest BCUT2D eigenvalue weighted by atomic mass is 19.2. The topological polar surface area (TPSA) is 26.0 Å². The van der Waals surface area contributed by atoms with Gasteiger partial charge in [-0.1, -0.05) is 0 Å². The third kappa shape index (κ3) is 1.13. The molecular formula is C9H8F3N. The van der Waals surface area contributed by atoms with Crippen LogP contribution in [0.5, 0.6) is 0 Å². The summed E-state index contributed by atoms with van der Waals surface area (Å²) in [6.45, 7) is 0. The predicted molar refractivity (Wildman–Crippen MR) is 41.6 cm³/mol. The first-order valence-electron chi connectivity index (χ1n) is 4.03. The lowest BCUT2D eigenvalue weighted by Gasteiger charge is -2.07. The maximum absolute atomic E-state index is 13.1. The van der Waals surface area contributed by atoms with E-state index in [4.69, 9.17) is 5.73 Å². The van der Waals surface area contributed by atoms with E-state index in [1.54, 1.807) is 0 Å². The number of nitrogens with two attached hydrogens (primary N) is 1. The van der Waals surface area contributed by atoms with E-state index in [0.29, 0.717) is 18.9 Å². The molecule has 0 amide bonds. The van der Waals surface area contributed by atoms with Gasteiger partial charge in [-0.2, -0.15) is 0 Å². The smallest absolute Gasteiger partial charge is 0.164 e. The van der Waals surface area contributed by atoms with Gasteiger partial charge in [0.15, 0.2) is 11.6 Å². The van der Waals surface area contributed by atoms with Gasteiger partial charge in [0.05, 0.1) is 0 Å². The number of halogens is 3. The molecule has 70 valence electrons. The molecule has 0 saturated carbocycles. The van der Waals surface area contributed by atoms with Crippen molar-refractivity contribution >= 4 is 0 Å². The lowest BCUT2D eigenvalue weighted by molar-refractivity contribution is 0.479. The fourth-order valence-corrected chi connectivity index (χ4v) is 1.74. The molecular weight excluding hydrogens is 179 g/mol. The summed E-state index contributed by atoms with van der Waals surface area (Å²) in [5, 5.41) is 0. The average Bonchev–Trinajstić information content (AvgIpc) is 2.44. The van der Waals surface area contributed by atoms with Crippen LogP contribution in [0.4, 0.5) is 13.2 Å². The Labute approximate surface area is 73.4 Å². The minimum atomic E-state index is -1.16. The van der Waals surface area contributed by atoms with Gasteiger partial charge >= 0.3 is 0 Å². The second-order valence-electron chi connectivity index (χ2n) is 3.19. The second kappa shape index (κ2) is 2.73. The van der Waals surface area contributed by atoms with E-state index in [1.165, 1.54) is 0 Å². The van der Waals surface area contributed by atoms with Crippen LogP contribution in [0.3, 0.4) is 0 Å². The highest BCUT2D eigenvalue weighted by Gasteiger charge is 2.28. The zero-order valence-corrected chi connectivity index (χ0v) is 6.78. The van der Waals surface area contributed by atoms with E-state index in [9.17, 15) is 13.2 Å². The molecule has 4 heteroatoms. The van der Waals surface area contributed by atoms with Crippen LogP contribution in [0.1, 0.15) is 23.6 Å². The number of hydrogen-bond donors (Lipinski definition) is 1. The van der Waals surface area contributed by atoms with E-state index in [-0.39, 0.29) is 11.1 Å². The summed E-state index contributed by atoms with van der Waals surface area (Å²) in [6, 6.07) is 0.00634. The van der Waals surface area contributed by atoms with Crippen molar-refractivity contribution in [3.05, 3.63) is 34.6 Å². The van der Waals surface area contributed by atoms with Crippen LogP contribution in [0.25, 0.3) is 0 Å². The van der Waals surface area contributed by atoms with Gasteiger partial charge < -0.3 is 5.73 Å². The monoisotopic (exact) mass is 187 g/mol. The molecule has 0 saturated heterocycles. The molecule has 0 aliphatic heterocycles. The van der Waals surface area contributed by atoms with Gasteiger partial charge in [0.2, 0.25) is 0 Å².